The van der Waals surface area contributed by atoms with E-state index in [1.807, 2.05) is 13.8 Å². The molecule has 0 saturated heterocycles. The Labute approximate surface area is 104 Å². The van der Waals surface area contributed by atoms with Gasteiger partial charge in [-0.05, 0) is 26.3 Å². The third kappa shape index (κ3) is 9.09. The summed E-state index contributed by atoms with van der Waals surface area (Å²) in [7, 11) is 1.67. The van der Waals surface area contributed by atoms with E-state index < -0.39 is 0 Å². The molecule has 0 heterocycles. The lowest BCUT2D eigenvalue weighted by atomic mass is 10.2. The maximum Gasteiger partial charge on any atom is 0.323 e. The van der Waals surface area contributed by atoms with Crippen LogP contribution < -0.4 is 5.32 Å². The molecule has 102 valence electrons. The third-order valence-electron chi connectivity index (χ3n) is 2.21. The molecule has 0 spiro atoms. The van der Waals surface area contributed by atoms with Crippen LogP contribution in [0.5, 0.6) is 0 Å². The molecule has 0 aliphatic rings. The summed E-state index contributed by atoms with van der Waals surface area (Å²) in [5, 5.41) is 3.09. The van der Waals surface area contributed by atoms with Gasteiger partial charge in [0, 0.05) is 26.9 Å². The summed E-state index contributed by atoms with van der Waals surface area (Å²) in [5.74, 6) is -0.199. The lowest BCUT2D eigenvalue weighted by Gasteiger charge is -2.16. The summed E-state index contributed by atoms with van der Waals surface area (Å²) in [5.41, 5.74) is 0. The molecule has 0 rings (SSSR count). The van der Waals surface area contributed by atoms with Gasteiger partial charge in [0.25, 0.3) is 0 Å². The van der Waals surface area contributed by atoms with E-state index >= 15 is 0 Å². The maximum absolute atomic E-state index is 11.5. The highest BCUT2D eigenvalue weighted by molar-refractivity contribution is 5.75. The maximum atomic E-state index is 11.5. The monoisotopic (exact) mass is 247 g/mol. The van der Waals surface area contributed by atoms with Crippen LogP contribution >= 0.6 is 0 Å². The fourth-order valence-corrected chi connectivity index (χ4v) is 1.40. The van der Waals surface area contributed by atoms with Gasteiger partial charge in [0.2, 0.25) is 0 Å². The molecule has 0 aromatic carbocycles. The predicted molar refractivity (Wildman–Crippen MR) is 66.0 cm³/mol. The van der Waals surface area contributed by atoms with Gasteiger partial charge < -0.3 is 19.5 Å². The van der Waals surface area contributed by atoms with Gasteiger partial charge in [0.1, 0.15) is 6.04 Å². The Hall–Kier alpha value is -0.650. The van der Waals surface area contributed by atoms with E-state index in [4.69, 9.17) is 14.2 Å². The molecule has 17 heavy (non-hydrogen) atoms. The highest BCUT2D eigenvalue weighted by Crippen LogP contribution is 1.97. The summed E-state index contributed by atoms with van der Waals surface area (Å²) in [6, 6.07) is -0.262. The number of rotatable bonds is 11. The van der Waals surface area contributed by atoms with Crippen LogP contribution in [0.15, 0.2) is 0 Å². The van der Waals surface area contributed by atoms with Gasteiger partial charge in [0.15, 0.2) is 0 Å². The Morgan fingerprint density at radius 2 is 2.00 bits per heavy atom. The summed E-state index contributed by atoms with van der Waals surface area (Å²) in [6.07, 6.45) is 1.52. The molecule has 0 aromatic rings. The Morgan fingerprint density at radius 1 is 1.24 bits per heavy atom. The number of likely N-dealkylation sites (N-methyl/N-ethyl adjacent to an activating group) is 1. The summed E-state index contributed by atoms with van der Waals surface area (Å²) < 4.78 is 15.3. The van der Waals surface area contributed by atoms with Crippen molar-refractivity contribution in [2.24, 2.45) is 0 Å². The van der Waals surface area contributed by atoms with Crippen LogP contribution in [0, 0.1) is 0 Å². The first-order chi connectivity index (χ1) is 8.26. The Balaban J connectivity index is 3.65. The minimum atomic E-state index is -0.262. The fraction of sp³-hybridized carbons (Fsp3) is 0.917. The van der Waals surface area contributed by atoms with Crippen molar-refractivity contribution in [2.75, 3.05) is 40.1 Å². The van der Waals surface area contributed by atoms with Crippen molar-refractivity contribution < 1.29 is 19.0 Å². The van der Waals surface area contributed by atoms with Crippen molar-refractivity contribution in [1.82, 2.24) is 5.32 Å². The van der Waals surface area contributed by atoms with E-state index in [2.05, 4.69) is 5.32 Å². The molecule has 1 N–H and O–H groups in total. The zero-order valence-electron chi connectivity index (χ0n) is 11.2. The third-order valence-corrected chi connectivity index (χ3v) is 2.21. The first kappa shape index (κ1) is 16.4. The van der Waals surface area contributed by atoms with Crippen LogP contribution in [0.3, 0.4) is 0 Å². The highest BCUT2D eigenvalue weighted by Gasteiger charge is 2.17. The minimum Gasteiger partial charge on any atom is -0.465 e. The van der Waals surface area contributed by atoms with E-state index in [0.717, 1.165) is 13.0 Å². The molecule has 0 saturated carbocycles. The first-order valence-electron chi connectivity index (χ1n) is 6.22. The van der Waals surface area contributed by atoms with Gasteiger partial charge in [-0.25, -0.2) is 0 Å². The number of methoxy groups -OCH3 is 1. The molecule has 1 atom stereocenters. The van der Waals surface area contributed by atoms with Crippen LogP contribution in [-0.4, -0.2) is 52.1 Å². The largest absolute Gasteiger partial charge is 0.465 e. The van der Waals surface area contributed by atoms with Crippen LogP contribution in [0.2, 0.25) is 0 Å². The van der Waals surface area contributed by atoms with Gasteiger partial charge in [-0.3, -0.25) is 4.79 Å². The summed E-state index contributed by atoms with van der Waals surface area (Å²) in [4.78, 5) is 11.5. The van der Waals surface area contributed by atoms with Gasteiger partial charge >= 0.3 is 5.97 Å². The Kier molecular flexibility index (Phi) is 11.4. The Bertz CT molecular complexity index is 187. The van der Waals surface area contributed by atoms with Crippen molar-refractivity contribution in [1.29, 1.82) is 0 Å². The molecular weight excluding hydrogens is 222 g/mol. The average Bonchev–Trinajstić information content (AvgIpc) is 2.32. The zero-order chi connectivity index (χ0) is 12.9. The molecule has 5 heteroatoms. The van der Waals surface area contributed by atoms with Gasteiger partial charge in [-0.2, -0.15) is 0 Å². The molecule has 0 bridgehead atoms. The second-order valence-corrected chi connectivity index (χ2v) is 3.61. The van der Waals surface area contributed by atoms with Crippen LogP contribution in [-0.2, 0) is 19.0 Å². The molecular formula is C12H25NO4. The minimum absolute atomic E-state index is 0.199. The molecule has 0 aliphatic carbocycles. The van der Waals surface area contributed by atoms with Crippen molar-refractivity contribution >= 4 is 5.97 Å². The zero-order valence-corrected chi connectivity index (χ0v) is 11.2. The van der Waals surface area contributed by atoms with E-state index in [0.29, 0.717) is 32.8 Å². The SMILES string of the molecule is CCNC(CCOCCCOC)C(=O)OCC. The lowest BCUT2D eigenvalue weighted by molar-refractivity contribution is -0.146. The number of hydrogen-bond donors (Lipinski definition) is 1. The van der Waals surface area contributed by atoms with Crippen molar-refractivity contribution in [3.8, 4) is 0 Å². The summed E-state index contributed by atoms with van der Waals surface area (Å²) in [6.45, 7) is 6.85. The topological polar surface area (TPSA) is 56.8 Å². The number of nitrogens with one attached hydrogen (secondary N) is 1. The molecule has 0 aliphatic heterocycles. The number of hydrogen-bond acceptors (Lipinski definition) is 5. The standard InChI is InChI=1S/C12H25NO4/c1-4-13-11(12(14)17-5-2)7-10-16-9-6-8-15-3/h11,13H,4-10H2,1-3H3. The quantitative estimate of drug-likeness (QED) is 0.435. The van der Waals surface area contributed by atoms with Crippen molar-refractivity contribution in [2.45, 2.75) is 32.7 Å². The van der Waals surface area contributed by atoms with E-state index in [9.17, 15) is 4.79 Å². The first-order valence-corrected chi connectivity index (χ1v) is 6.22. The van der Waals surface area contributed by atoms with Gasteiger partial charge in [0.05, 0.1) is 6.61 Å². The molecule has 0 radical (unpaired) electrons. The molecule has 5 nitrogen and oxygen atoms in total. The van der Waals surface area contributed by atoms with E-state index in [1.54, 1.807) is 7.11 Å². The second-order valence-electron chi connectivity index (χ2n) is 3.61. The number of ether oxygens (including phenoxy) is 3. The van der Waals surface area contributed by atoms with Gasteiger partial charge in [-0.15, -0.1) is 0 Å². The van der Waals surface area contributed by atoms with Gasteiger partial charge in [-0.1, -0.05) is 6.92 Å². The molecule has 0 amide bonds. The van der Waals surface area contributed by atoms with Crippen molar-refractivity contribution in [3.63, 3.8) is 0 Å². The normalized spacial score (nSPS) is 12.4. The van der Waals surface area contributed by atoms with E-state index in [-0.39, 0.29) is 12.0 Å². The molecule has 1 unspecified atom stereocenters. The molecule has 0 aromatic heterocycles. The molecule has 0 fully saturated rings. The second kappa shape index (κ2) is 11.8. The fourth-order valence-electron chi connectivity index (χ4n) is 1.40. The van der Waals surface area contributed by atoms with Crippen LogP contribution in [0.25, 0.3) is 0 Å². The van der Waals surface area contributed by atoms with Crippen LogP contribution in [0.1, 0.15) is 26.7 Å². The van der Waals surface area contributed by atoms with Crippen LogP contribution in [0.4, 0.5) is 0 Å². The average molecular weight is 247 g/mol. The smallest absolute Gasteiger partial charge is 0.323 e. The van der Waals surface area contributed by atoms with Crippen molar-refractivity contribution in [3.05, 3.63) is 0 Å². The number of carbonyl (C=O) groups is 1. The number of esters is 1. The lowest BCUT2D eigenvalue weighted by Crippen LogP contribution is -2.38. The summed E-state index contributed by atoms with van der Waals surface area (Å²) >= 11 is 0. The Morgan fingerprint density at radius 3 is 2.59 bits per heavy atom. The predicted octanol–water partition coefficient (Wildman–Crippen LogP) is 0.971. The van der Waals surface area contributed by atoms with E-state index in [1.165, 1.54) is 0 Å². The highest BCUT2D eigenvalue weighted by atomic mass is 16.5. The number of carbonyl (C=O) groups excluding carboxylic acids is 1.